The third-order valence-electron chi connectivity index (χ3n) is 2.77. The summed E-state index contributed by atoms with van der Waals surface area (Å²) in [6.45, 7) is 4.80. The Labute approximate surface area is 124 Å². The third-order valence-corrected chi connectivity index (χ3v) is 3.80. The number of hydrogen-bond donors (Lipinski definition) is 1. The number of carbonyl (C=O) groups excluding carboxylic acids is 1. The van der Waals surface area contributed by atoms with Crippen molar-refractivity contribution in [1.29, 1.82) is 0 Å². The number of carbonyl (C=O) groups is 1. The van der Waals surface area contributed by atoms with Crippen LogP contribution in [0.5, 0.6) is 0 Å². The van der Waals surface area contributed by atoms with Gasteiger partial charge in [-0.05, 0) is 29.8 Å². The number of ether oxygens (including phenoxy) is 1. The van der Waals surface area contributed by atoms with E-state index in [1.54, 1.807) is 10.9 Å². The molecular weight excluding hydrogens is 326 g/mol. The molecule has 0 aliphatic carbocycles. The molecule has 0 amide bonds. The molecule has 8 heteroatoms. The van der Waals surface area contributed by atoms with E-state index in [0.29, 0.717) is 5.69 Å². The van der Waals surface area contributed by atoms with E-state index < -0.39 is 0 Å². The molecular formula is C12H16BrN5O2. The van der Waals surface area contributed by atoms with Gasteiger partial charge in [-0.1, -0.05) is 0 Å². The average molecular weight is 342 g/mol. The van der Waals surface area contributed by atoms with Crippen molar-refractivity contribution in [3.05, 3.63) is 28.3 Å². The maximum absolute atomic E-state index is 11.7. The van der Waals surface area contributed by atoms with Crippen LogP contribution in [0.15, 0.2) is 16.9 Å². The summed E-state index contributed by atoms with van der Waals surface area (Å²) in [4.78, 5) is 11.7. The molecule has 2 aromatic heterocycles. The Morgan fingerprint density at radius 1 is 1.55 bits per heavy atom. The summed E-state index contributed by atoms with van der Waals surface area (Å²) < 4.78 is 9.36. The SMILES string of the molecule is CCn1nc(C)c(Br)c1COC(=O)Cn1cc(N)cn1. The highest BCUT2D eigenvalue weighted by Crippen LogP contribution is 2.21. The van der Waals surface area contributed by atoms with Crippen molar-refractivity contribution in [1.82, 2.24) is 19.6 Å². The fraction of sp³-hybridized carbons (Fsp3) is 0.417. The molecule has 7 nitrogen and oxygen atoms in total. The number of nitrogens with zero attached hydrogens (tertiary/aromatic N) is 4. The Morgan fingerprint density at radius 3 is 2.90 bits per heavy atom. The van der Waals surface area contributed by atoms with Crippen LogP contribution in [-0.2, 0) is 29.2 Å². The number of nitrogens with two attached hydrogens (primary N) is 1. The summed E-state index contributed by atoms with van der Waals surface area (Å²) in [5, 5.41) is 8.27. The van der Waals surface area contributed by atoms with Gasteiger partial charge in [-0.3, -0.25) is 14.2 Å². The molecule has 108 valence electrons. The normalized spacial score (nSPS) is 10.8. The number of rotatable bonds is 5. The molecule has 0 fully saturated rings. The van der Waals surface area contributed by atoms with Crippen molar-refractivity contribution in [2.75, 3.05) is 5.73 Å². The minimum Gasteiger partial charge on any atom is -0.458 e. The van der Waals surface area contributed by atoms with Crippen LogP contribution in [-0.4, -0.2) is 25.5 Å². The second kappa shape index (κ2) is 6.08. The van der Waals surface area contributed by atoms with Crippen molar-refractivity contribution in [3.8, 4) is 0 Å². The van der Waals surface area contributed by atoms with Gasteiger partial charge in [-0.2, -0.15) is 10.2 Å². The summed E-state index contributed by atoms with van der Waals surface area (Å²) in [5.74, 6) is -0.374. The van der Waals surface area contributed by atoms with Gasteiger partial charge >= 0.3 is 5.97 Å². The predicted octanol–water partition coefficient (Wildman–Crippen LogP) is 1.50. The Morgan fingerprint density at radius 2 is 2.30 bits per heavy atom. The largest absolute Gasteiger partial charge is 0.458 e. The fourth-order valence-electron chi connectivity index (χ4n) is 1.80. The molecule has 0 atom stereocenters. The van der Waals surface area contributed by atoms with Crippen LogP contribution in [0.25, 0.3) is 0 Å². The molecule has 0 aromatic carbocycles. The summed E-state index contributed by atoms with van der Waals surface area (Å²) >= 11 is 3.45. The van der Waals surface area contributed by atoms with E-state index >= 15 is 0 Å². The van der Waals surface area contributed by atoms with Gasteiger partial charge in [0.1, 0.15) is 13.2 Å². The highest BCUT2D eigenvalue weighted by molar-refractivity contribution is 9.10. The maximum atomic E-state index is 11.7. The van der Waals surface area contributed by atoms with E-state index in [4.69, 9.17) is 10.5 Å². The topological polar surface area (TPSA) is 88.0 Å². The van der Waals surface area contributed by atoms with Gasteiger partial charge in [-0.25, -0.2) is 0 Å². The Bertz CT molecular complexity index is 619. The van der Waals surface area contributed by atoms with Crippen LogP contribution in [0.3, 0.4) is 0 Å². The lowest BCUT2D eigenvalue weighted by Crippen LogP contribution is -2.15. The van der Waals surface area contributed by atoms with Crippen molar-refractivity contribution in [3.63, 3.8) is 0 Å². The fourth-order valence-corrected chi connectivity index (χ4v) is 2.20. The van der Waals surface area contributed by atoms with E-state index in [1.807, 2.05) is 13.8 Å². The van der Waals surface area contributed by atoms with Gasteiger partial charge in [0.25, 0.3) is 0 Å². The Hall–Kier alpha value is -1.83. The van der Waals surface area contributed by atoms with Gasteiger partial charge in [-0.15, -0.1) is 0 Å². The van der Waals surface area contributed by atoms with Crippen molar-refractivity contribution in [2.24, 2.45) is 0 Å². The number of aromatic nitrogens is 4. The van der Waals surface area contributed by atoms with E-state index in [1.165, 1.54) is 10.9 Å². The van der Waals surface area contributed by atoms with E-state index in [9.17, 15) is 4.79 Å². The molecule has 2 rings (SSSR count). The standard InChI is InChI=1S/C12H16BrN5O2/c1-3-18-10(12(13)8(2)16-18)7-20-11(19)6-17-5-9(14)4-15-17/h4-5H,3,6-7,14H2,1-2H3. The summed E-state index contributed by atoms with van der Waals surface area (Å²) in [7, 11) is 0. The summed E-state index contributed by atoms with van der Waals surface area (Å²) in [6, 6.07) is 0. The minimum absolute atomic E-state index is 0.0358. The smallest absolute Gasteiger partial charge is 0.328 e. The lowest BCUT2D eigenvalue weighted by molar-refractivity contribution is -0.146. The molecule has 2 heterocycles. The molecule has 2 aromatic rings. The van der Waals surface area contributed by atoms with Crippen LogP contribution in [0.2, 0.25) is 0 Å². The van der Waals surface area contributed by atoms with Gasteiger partial charge < -0.3 is 10.5 Å². The van der Waals surface area contributed by atoms with E-state index in [2.05, 4.69) is 26.1 Å². The third kappa shape index (κ3) is 3.19. The zero-order valence-corrected chi connectivity index (χ0v) is 12.9. The van der Waals surface area contributed by atoms with Gasteiger partial charge in [0.15, 0.2) is 0 Å². The molecule has 0 saturated carbocycles. The van der Waals surface area contributed by atoms with Crippen molar-refractivity contribution in [2.45, 2.75) is 33.5 Å². The second-order valence-corrected chi connectivity index (χ2v) is 5.09. The van der Waals surface area contributed by atoms with Crippen LogP contribution in [0, 0.1) is 6.92 Å². The zero-order valence-electron chi connectivity index (χ0n) is 11.3. The van der Waals surface area contributed by atoms with E-state index in [0.717, 1.165) is 22.4 Å². The molecule has 0 aliphatic rings. The average Bonchev–Trinajstić information content (AvgIpc) is 2.92. The van der Waals surface area contributed by atoms with Gasteiger partial charge in [0, 0.05) is 12.7 Å². The molecule has 0 unspecified atom stereocenters. The van der Waals surface area contributed by atoms with Gasteiger partial charge in [0.05, 0.1) is 27.7 Å². The van der Waals surface area contributed by atoms with Crippen LogP contribution < -0.4 is 5.73 Å². The van der Waals surface area contributed by atoms with Crippen molar-refractivity contribution < 1.29 is 9.53 Å². The zero-order chi connectivity index (χ0) is 14.7. The Kier molecular flexibility index (Phi) is 4.43. The molecule has 0 spiro atoms. The lowest BCUT2D eigenvalue weighted by Gasteiger charge is -2.07. The first-order valence-corrected chi connectivity index (χ1v) is 6.96. The van der Waals surface area contributed by atoms with Crippen LogP contribution in [0.1, 0.15) is 18.3 Å². The number of anilines is 1. The van der Waals surface area contributed by atoms with E-state index in [-0.39, 0.29) is 19.1 Å². The van der Waals surface area contributed by atoms with Crippen LogP contribution >= 0.6 is 15.9 Å². The van der Waals surface area contributed by atoms with Gasteiger partial charge in [0.2, 0.25) is 0 Å². The number of esters is 1. The highest BCUT2D eigenvalue weighted by Gasteiger charge is 2.14. The predicted molar refractivity (Wildman–Crippen MR) is 76.8 cm³/mol. The highest BCUT2D eigenvalue weighted by atomic mass is 79.9. The van der Waals surface area contributed by atoms with Crippen molar-refractivity contribution >= 4 is 27.6 Å². The molecule has 2 N–H and O–H groups in total. The van der Waals surface area contributed by atoms with Crippen LogP contribution in [0.4, 0.5) is 5.69 Å². The molecule has 0 saturated heterocycles. The number of halogens is 1. The summed E-state index contributed by atoms with van der Waals surface area (Å²) in [6.07, 6.45) is 3.07. The first-order chi connectivity index (χ1) is 9.51. The molecule has 0 bridgehead atoms. The first kappa shape index (κ1) is 14.6. The number of hydrogen-bond acceptors (Lipinski definition) is 5. The second-order valence-electron chi connectivity index (χ2n) is 4.29. The lowest BCUT2D eigenvalue weighted by atomic mass is 10.4. The quantitative estimate of drug-likeness (QED) is 0.832. The molecule has 0 aliphatic heterocycles. The minimum atomic E-state index is -0.374. The summed E-state index contributed by atoms with van der Waals surface area (Å²) in [5.41, 5.74) is 7.76. The maximum Gasteiger partial charge on any atom is 0.328 e. The first-order valence-electron chi connectivity index (χ1n) is 6.16. The number of aryl methyl sites for hydroxylation is 2. The Balaban J connectivity index is 1.96. The monoisotopic (exact) mass is 341 g/mol. The molecule has 20 heavy (non-hydrogen) atoms. The molecule has 0 radical (unpaired) electrons. The number of nitrogen functional groups attached to an aromatic ring is 1.